The Bertz CT molecular complexity index is 1090. The van der Waals surface area contributed by atoms with Crippen molar-refractivity contribution in [1.82, 2.24) is 5.32 Å². The second kappa shape index (κ2) is 7.92. The highest BCUT2D eigenvalue weighted by Crippen LogP contribution is 2.29. The molecule has 4 heteroatoms. The first-order chi connectivity index (χ1) is 14.8. The molecule has 3 rings (SSSR count). The molecule has 3 aromatic carbocycles. The van der Waals surface area contributed by atoms with Gasteiger partial charge in [0, 0.05) is 12.9 Å². The van der Waals surface area contributed by atoms with Crippen molar-refractivity contribution >= 4 is 10.8 Å². The maximum atomic E-state index is 13.0. The molecule has 1 N–H and O–H groups in total. The van der Waals surface area contributed by atoms with Gasteiger partial charge in [-0.2, -0.15) is 13.2 Å². The van der Waals surface area contributed by atoms with Gasteiger partial charge in [0.25, 0.3) is 0 Å². The van der Waals surface area contributed by atoms with E-state index in [0.717, 1.165) is 23.6 Å². The fourth-order valence-corrected chi connectivity index (χ4v) is 2.74. The molecule has 0 bridgehead atoms. The summed E-state index contributed by atoms with van der Waals surface area (Å²) < 4.78 is 88.1. The molecule has 0 aromatic heterocycles. The maximum Gasteiger partial charge on any atom is 0.416 e. The van der Waals surface area contributed by atoms with Gasteiger partial charge in [0.1, 0.15) is 0 Å². The third-order valence-electron chi connectivity index (χ3n) is 4.00. The Balaban J connectivity index is 1.87. The molecule has 0 saturated carbocycles. The van der Waals surface area contributed by atoms with E-state index in [2.05, 4.69) is 5.32 Å². The van der Waals surface area contributed by atoms with Crippen LogP contribution in [0.3, 0.4) is 0 Å². The number of hydrogen-bond donors (Lipinski definition) is 1. The first kappa shape index (κ1) is 12.1. The van der Waals surface area contributed by atoms with Crippen LogP contribution in [0.2, 0.25) is 0 Å². The van der Waals surface area contributed by atoms with E-state index in [1.807, 2.05) is 0 Å². The molecule has 136 valence electrons. The van der Waals surface area contributed by atoms with E-state index in [1.165, 1.54) is 12.1 Å². The van der Waals surface area contributed by atoms with Gasteiger partial charge in [-0.3, -0.25) is 0 Å². The molecule has 1 atom stereocenters. The standard InChI is InChI=1S/C22H22F3N/c1-16(20-13-5-10-18-9-2-3-12-21(18)20)26-14-6-8-17-7-4-11-19(15-17)22(23,24)25/h2-5,7,9-13,15-16,26H,6,8,14H2,1H3/t16-/m0/s1/i1D3,8D2,16D. The number of nitrogens with one attached hydrogen (secondary N) is 1. The number of fused-ring (bicyclic) bond motifs is 1. The van der Waals surface area contributed by atoms with Crippen LogP contribution in [0.15, 0.2) is 66.7 Å². The minimum Gasteiger partial charge on any atom is -0.310 e. The van der Waals surface area contributed by atoms with Crippen LogP contribution in [0.4, 0.5) is 13.2 Å². The Morgan fingerprint density at radius 2 is 1.85 bits per heavy atom. The number of aryl methyl sites for hydroxylation is 1. The monoisotopic (exact) mass is 363 g/mol. The Morgan fingerprint density at radius 1 is 1.08 bits per heavy atom. The second-order valence-corrected chi connectivity index (χ2v) is 5.83. The summed E-state index contributed by atoms with van der Waals surface area (Å²) in [6.07, 6.45) is -7.09. The predicted octanol–water partition coefficient (Wildman–Crippen LogP) is 6.14. The van der Waals surface area contributed by atoms with E-state index in [1.54, 1.807) is 36.4 Å². The van der Waals surface area contributed by atoms with Crippen molar-refractivity contribution in [2.24, 2.45) is 0 Å². The van der Waals surface area contributed by atoms with E-state index < -0.39 is 31.0 Å². The van der Waals surface area contributed by atoms with Crippen LogP contribution in [-0.4, -0.2) is 6.54 Å². The zero-order valence-electron chi connectivity index (χ0n) is 19.9. The topological polar surface area (TPSA) is 12.0 Å². The van der Waals surface area contributed by atoms with Crippen molar-refractivity contribution in [2.75, 3.05) is 6.54 Å². The smallest absolute Gasteiger partial charge is 0.310 e. The number of benzene rings is 3. The summed E-state index contributed by atoms with van der Waals surface area (Å²) in [5.74, 6) is 0. The molecule has 26 heavy (non-hydrogen) atoms. The Hall–Kier alpha value is -2.33. The number of rotatable bonds is 6. The van der Waals surface area contributed by atoms with Crippen LogP contribution in [0, 0.1) is 0 Å². The van der Waals surface area contributed by atoms with Gasteiger partial charge in [0.2, 0.25) is 0 Å². The first-order valence-corrected chi connectivity index (χ1v) is 8.17. The van der Waals surface area contributed by atoms with E-state index in [-0.39, 0.29) is 24.1 Å². The fraction of sp³-hybridized carbons (Fsp3) is 0.273. The van der Waals surface area contributed by atoms with Gasteiger partial charge in [-0.15, -0.1) is 0 Å². The highest BCUT2D eigenvalue weighted by Gasteiger charge is 2.30. The summed E-state index contributed by atoms with van der Waals surface area (Å²) >= 11 is 0. The van der Waals surface area contributed by atoms with Gasteiger partial charge in [-0.05, 0) is 54.2 Å². The SMILES string of the molecule is [2H]C([2H])(CCN[C@]([2H])(c1cccc2ccccc12)C([2H])([2H])[2H])c1cccc(C(F)(F)F)c1. The van der Waals surface area contributed by atoms with Crippen molar-refractivity contribution in [3.63, 3.8) is 0 Å². The quantitative estimate of drug-likeness (QED) is 0.554. The molecule has 0 saturated heterocycles. The van der Waals surface area contributed by atoms with E-state index >= 15 is 0 Å². The predicted molar refractivity (Wildman–Crippen MR) is 100 cm³/mol. The minimum atomic E-state index is -4.60. The van der Waals surface area contributed by atoms with E-state index in [0.29, 0.717) is 5.39 Å². The van der Waals surface area contributed by atoms with Crippen LogP contribution < -0.4 is 5.32 Å². The van der Waals surface area contributed by atoms with Crippen LogP contribution in [0.25, 0.3) is 10.8 Å². The summed E-state index contributed by atoms with van der Waals surface area (Å²) in [7, 11) is 0. The van der Waals surface area contributed by atoms with Crippen LogP contribution in [-0.2, 0) is 12.5 Å². The number of alkyl halides is 3. The van der Waals surface area contributed by atoms with Crippen molar-refractivity contribution in [2.45, 2.75) is 31.8 Å². The molecule has 0 unspecified atom stereocenters. The summed E-state index contributed by atoms with van der Waals surface area (Å²) in [5.41, 5.74) is -0.904. The lowest BCUT2D eigenvalue weighted by Crippen LogP contribution is -2.20. The van der Waals surface area contributed by atoms with E-state index in [4.69, 9.17) is 8.22 Å². The molecule has 3 aromatic rings. The molecule has 1 nitrogen and oxygen atoms in total. The second-order valence-electron chi connectivity index (χ2n) is 5.83. The van der Waals surface area contributed by atoms with Crippen molar-refractivity contribution in [3.05, 3.63) is 83.4 Å². The van der Waals surface area contributed by atoms with Crippen molar-refractivity contribution < 1.29 is 21.4 Å². The first-order valence-electron chi connectivity index (χ1n) is 11.2. The van der Waals surface area contributed by atoms with Crippen LogP contribution in [0.5, 0.6) is 0 Å². The minimum absolute atomic E-state index is 0.163. The number of hydrogen-bond acceptors (Lipinski definition) is 1. The largest absolute Gasteiger partial charge is 0.416 e. The molecule has 0 spiro atoms. The normalized spacial score (nSPS) is 18.7. The van der Waals surface area contributed by atoms with E-state index in [9.17, 15) is 13.2 Å². The van der Waals surface area contributed by atoms with Gasteiger partial charge in [0.05, 0.1) is 6.93 Å². The van der Waals surface area contributed by atoms with Crippen molar-refractivity contribution in [3.8, 4) is 0 Å². The van der Waals surface area contributed by atoms with Gasteiger partial charge in [-0.1, -0.05) is 60.7 Å². The van der Waals surface area contributed by atoms with Crippen LogP contribution >= 0.6 is 0 Å². The average molecular weight is 363 g/mol. The Morgan fingerprint density at radius 3 is 2.65 bits per heavy atom. The molecule has 0 aliphatic heterocycles. The highest BCUT2D eigenvalue weighted by molar-refractivity contribution is 5.86. The fourth-order valence-electron chi connectivity index (χ4n) is 2.74. The van der Waals surface area contributed by atoms with Gasteiger partial charge >= 0.3 is 6.18 Å². The molecular weight excluding hydrogens is 335 g/mol. The Kier molecular flexibility index (Phi) is 3.69. The average Bonchev–Trinajstić information content (AvgIpc) is 2.71. The van der Waals surface area contributed by atoms with Gasteiger partial charge in [0.15, 0.2) is 0 Å². The lowest BCUT2D eigenvalue weighted by molar-refractivity contribution is -0.137. The lowest BCUT2D eigenvalue weighted by atomic mass is 9.99. The summed E-state index contributed by atoms with van der Waals surface area (Å²) in [6.45, 7) is -3.03. The van der Waals surface area contributed by atoms with Crippen LogP contribution in [0.1, 0.15) is 44.2 Å². The molecule has 0 aliphatic rings. The van der Waals surface area contributed by atoms with Crippen molar-refractivity contribution in [1.29, 1.82) is 0 Å². The third kappa shape index (κ3) is 4.44. The molecule has 0 heterocycles. The summed E-state index contributed by atoms with van der Waals surface area (Å²) in [5, 5.41) is 3.99. The number of halogens is 3. The highest BCUT2D eigenvalue weighted by atomic mass is 19.4. The third-order valence-corrected chi connectivity index (χ3v) is 4.00. The molecule has 0 fully saturated rings. The summed E-state index contributed by atoms with van der Waals surface area (Å²) in [6, 6.07) is 13.8. The zero-order valence-corrected chi connectivity index (χ0v) is 13.9. The molecule has 0 aliphatic carbocycles. The Labute approximate surface area is 160 Å². The lowest BCUT2D eigenvalue weighted by Gasteiger charge is -2.17. The molecule has 0 amide bonds. The zero-order chi connectivity index (χ0) is 23.8. The van der Waals surface area contributed by atoms with Gasteiger partial charge in [-0.25, -0.2) is 0 Å². The molecule has 0 radical (unpaired) electrons. The summed E-state index contributed by atoms with van der Waals surface area (Å²) in [4.78, 5) is 0. The maximum absolute atomic E-state index is 13.0. The molecular formula is C22H22F3N. The van der Waals surface area contributed by atoms with Gasteiger partial charge < -0.3 is 5.32 Å².